The zero-order valence-electron chi connectivity index (χ0n) is 13.9. The Hall–Kier alpha value is -1.58. The van der Waals surface area contributed by atoms with Gasteiger partial charge in [-0.3, -0.25) is 0 Å². The van der Waals surface area contributed by atoms with Crippen LogP contribution >= 0.6 is 0 Å². The van der Waals surface area contributed by atoms with Crippen LogP contribution in [0, 0.1) is 23.3 Å². The largest absolute Gasteiger partial charge is 0.499 e. The third-order valence-corrected chi connectivity index (χ3v) is 8.02. The molecule has 0 saturated carbocycles. The van der Waals surface area contributed by atoms with Crippen LogP contribution in [0.3, 0.4) is 0 Å². The third kappa shape index (κ3) is 4.32. The molecule has 0 fully saturated rings. The number of alkyl halides is 6. The molecule has 0 amide bonds. The summed E-state index contributed by atoms with van der Waals surface area (Å²) in [5, 5.41) is 0. The fourth-order valence-corrected chi connectivity index (χ4v) is 5.70. The van der Waals surface area contributed by atoms with Crippen molar-refractivity contribution in [3.05, 3.63) is 34.4 Å². The summed E-state index contributed by atoms with van der Waals surface area (Å²) in [7, 11) is -15.1. The summed E-state index contributed by atoms with van der Waals surface area (Å²) in [6.45, 7) is 1.46. The van der Waals surface area contributed by atoms with Gasteiger partial charge < -0.3 is 0 Å². The SMILES string of the molecule is CCCCc1c(F)c(F)c(C(S(=O)(=O)C(F)(F)F)S(=O)(=O)C(F)(F)F)c(F)c1F. The van der Waals surface area contributed by atoms with Crippen molar-refractivity contribution >= 4 is 19.7 Å². The van der Waals surface area contributed by atoms with Gasteiger partial charge >= 0.3 is 11.0 Å². The Morgan fingerprint density at radius 3 is 1.34 bits per heavy atom. The van der Waals surface area contributed by atoms with Crippen LogP contribution in [-0.2, 0) is 26.1 Å². The lowest BCUT2D eigenvalue weighted by molar-refractivity contribution is -0.0473. The average molecular weight is 484 g/mol. The minimum absolute atomic E-state index is 0.128. The Bertz CT molecular complexity index is 921. The lowest BCUT2D eigenvalue weighted by Gasteiger charge is -2.23. The summed E-state index contributed by atoms with van der Waals surface area (Å²) >= 11 is 0. The molecule has 0 aromatic heterocycles. The molecule has 0 aliphatic rings. The Balaban J connectivity index is 4.11. The van der Waals surface area contributed by atoms with Crippen LogP contribution in [-0.4, -0.2) is 27.9 Å². The van der Waals surface area contributed by atoms with E-state index in [4.69, 9.17) is 0 Å². The van der Waals surface area contributed by atoms with E-state index in [-0.39, 0.29) is 12.8 Å². The molecule has 0 aliphatic carbocycles. The highest BCUT2D eigenvalue weighted by Crippen LogP contribution is 2.47. The molecule has 0 atom stereocenters. The molecule has 0 heterocycles. The van der Waals surface area contributed by atoms with Gasteiger partial charge in [-0.15, -0.1) is 0 Å². The van der Waals surface area contributed by atoms with Gasteiger partial charge in [0.05, 0.1) is 5.56 Å². The molecule has 0 unspecified atom stereocenters. The Morgan fingerprint density at radius 1 is 0.724 bits per heavy atom. The van der Waals surface area contributed by atoms with E-state index in [2.05, 4.69) is 0 Å². The molecule has 0 radical (unpaired) electrons. The van der Waals surface area contributed by atoms with Crippen molar-refractivity contribution in [2.75, 3.05) is 0 Å². The number of sulfone groups is 2. The Labute approximate surface area is 157 Å². The van der Waals surface area contributed by atoms with E-state index in [1.165, 1.54) is 6.92 Å². The lowest BCUT2D eigenvalue weighted by atomic mass is 10.0. The van der Waals surface area contributed by atoms with Crippen molar-refractivity contribution in [2.45, 2.75) is 41.8 Å². The van der Waals surface area contributed by atoms with Crippen molar-refractivity contribution in [1.82, 2.24) is 0 Å². The minimum atomic E-state index is -7.56. The first-order valence-electron chi connectivity index (χ1n) is 7.29. The second-order valence-electron chi connectivity index (χ2n) is 5.57. The fraction of sp³-hybridized carbons (Fsp3) is 0.538. The highest BCUT2D eigenvalue weighted by Gasteiger charge is 2.65. The smallest absolute Gasteiger partial charge is 0.218 e. The van der Waals surface area contributed by atoms with E-state index in [0.717, 1.165) is 0 Å². The maximum atomic E-state index is 14.2. The zero-order chi connectivity index (χ0) is 23.2. The summed E-state index contributed by atoms with van der Waals surface area (Å²) in [5.74, 6) is -11.0. The summed E-state index contributed by atoms with van der Waals surface area (Å²) in [5.41, 5.74) is -18.1. The first-order chi connectivity index (χ1) is 12.8. The molecule has 1 aromatic carbocycles. The first-order valence-corrected chi connectivity index (χ1v) is 10.4. The molecular weight excluding hydrogens is 474 g/mol. The van der Waals surface area contributed by atoms with Crippen LogP contribution in [0.15, 0.2) is 0 Å². The van der Waals surface area contributed by atoms with Crippen LogP contribution in [0.1, 0.15) is 35.5 Å². The fourth-order valence-electron chi connectivity index (χ4n) is 2.19. The summed E-state index contributed by atoms with van der Waals surface area (Å²) in [6, 6.07) is 0. The van der Waals surface area contributed by atoms with Crippen molar-refractivity contribution in [1.29, 1.82) is 0 Å². The van der Waals surface area contributed by atoms with Gasteiger partial charge in [-0.05, 0) is 12.8 Å². The van der Waals surface area contributed by atoms with Gasteiger partial charge in [0.15, 0.2) is 23.3 Å². The summed E-state index contributed by atoms with van der Waals surface area (Å²) in [6.07, 6.45) is -0.695. The summed E-state index contributed by atoms with van der Waals surface area (Å²) < 4.78 is 174. The van der Waals surface area contributed by atoms with Gasteiger partial charge in [-0.2, -0.15) is 26.3 Å². The van der Waals surface area contributed by atoms with E-state index in [1.54, 1.807) is 0 Å². The first kappa shape index (κ1) is 25.5. The van der Waals surface area contributed by atoms with Crippen molar-refractivity contribution in [3.8, 4) is 0 Å². The van der Waals surface area contributed by atoms with Crippen molar-refractivity contribution in [3.63, 3.8) is 0 Å². The van der Waals surface area contributed by atoms with E-state index in [0.29, 0.717) is 0 Å². The zero-order valence-corrected chi connectivity index (χ0v) is 15.6. The molecule has 0 saturated heterocycles. The van der Waals surface area contributed by atoms with Crippen molar-refractivity contribution < 1.29 is 60.7 Å². The number of hydrogen-bond acceptors (Lipinski definition) is 4. The van der Waals surface area contributed by atoms with E-state index in [1.807, 2.05) is 0 Å². The predicted octanol–water partition coefficient (Wildman–Crippen LogP) is 4.45. The number of benzene rings is 1. The second kappa shape index (κ2) is 7.92. The van der Waals surface area contributed by atoms with Crippen LogP contribution in [0.4, 0.5) is 43.9 Å². The quantitative estimate of drug-likeness (QED) is 0.442. The van der Waals surface area contributed by atoms with E-state index >= 15 is 0 Å². The average Bonchev–Trinajstić information content (AvgIpc) is 2.54. The standard InChI is InChI=1S/C13H10F10O4S2/c1-2-3-4-5-7(14)9(16)6(10(17)8(5)15)11(28(24,25)12(18,19)20)29(26,27)13(21,22)23/h11H,2-4H2,1H3. The van der Waals surface area contributed by atoms with Crippen LogP contribution in [0.5, 0.6) is 0 Å². The van der Waals surface area contributed by atoms with Gasteiger partial charge in [0.2, 0.25) is 4.58 Å². The van der Waals surface area contributed by atoms with Crippen LogP contribution < -0.4 is 0 Å². The molecule has 0 spiro atoms. The molecule has 0 aliphatic heterocycles. The topological polar surface area (TPSA) is 68.3 Å². The molecule has 29 heavy (non-hydrogen) atoms. The molecule has 1 aromatic rings. The highest BCUT2D eigenvalue weighted by molar-refractivity contribution is 8.09. The number of rotatable bonds is 6. The van der Waals surface area contributed by atoms with Crippen molar-refractivity contribution in [2.24, 2.45) is 0 Å². The summed E-state index contributed by atoms with van der Waals surface area (Å²) in [4.78, 5) is 0. The predicted molar refractivity (Wildman–Crippen MR) is 77.6 cm³/mol. The maximum Gasteiger partial charge on any atom is 0.499 e. The number of hydrogen-bond donors (Lipinski definition) is 0. The Morgan fingerprint density at radius 2 is 1.07 bits per heavy atom. The molecule has 16 heteroatoms. The maximum absolute atomic E-state index is 14.2. The minimum Gasteiger partial charge on any atom is -0.218 e. The lowest BCUT2D eigenvalue weighted by Crippen LogP contribution is -2.40. The van der Waals surface area contributed by atoms with E-state index < -0.39 is 76.1 Å². The van der Waals surface area contributed by atoms with Crippen LogP contribution in [0.25, 0.3) is 0 Å². The monoisotopic (exact) mass is 484 g/mol. The second-order valence-corrected chi connectivity index (χ2v) is 9.91. The molecule has 1 rings (SSSR count). The molecular formula is C13H10F10O4S2. The number of unbranched alkanes of at least 4 members (excludes halogenated alkanes) is 1. The van der Waals surface area contributed by atoms with Gasteiger partial charge in [-0.1, -0.05) is 13.3 Å². The third-order valence-electron chi connectivity index (χ3n) is 3.61. The number of halogens is 10. The Kier molecular flexibility index (Phi) is 6.95. The van der Waals surface area contributed by atoms with Gasteiger partial charge in [0.1, 0.15) is 0 Å². The molecule has 0 bridgehead atoms. The highest BCUT2D eigenvalue weighted by atomic mass is 32.3. The van der Waals surface area contributed by atoms with Gasteiger partial charge in [-0.25, -0.2) is 34.4 Å². The van der Waals surface area contributed by atoms with E-state index in [9.17, 15) is 60.7 Å². The molecule has 168 valence electrons. The van der Waals surface area contributed by atoms with Gasteiger partial charge in [0.25, 0.3) is 19.7 Å². The van der Waals surface area contributed by atoms with Gasteiger partial charge in [0, 0.05) is 5.56 Å². The van der Waals surface area contributed by atoms with Crippen LogP contribution in [0.2, 0.25) is 0 Å². The normalized spacial score (nSPS) is 13.9. The molecule has 0 N–H and O–H groups in total. The molecule has 4 nitrogen and oxygen atoms in total.